The number of benzene rings is 1. The minimum Gasteiger partial charge on any atom is -0.494 e. The van der Waals surface area contributed by atoms with Gasteiger partial charge in [0.05, 0.1) is 18.0 Å². The molecule has 11 nitrogen and oxygen atoms in total. The maximum atomic E-state index is 12.6. The summed E-state index contributed by atoms with van der Waals surface area (Å²) in [7, 11) is 0. The van der Waals surface area contributed by atoms with Crippen molar-refractivity contribution in [1.29, 1.82) is 0 Å². The number of nitrogen functional groups attached to an aromatic ring is 1. The second-order valence-electron chi connectivity index (χ2n) is 5.50. The molecule has 0 bridgehead atoms. The van der Waals surface area contributed by atoms with E-state index in [0.29, 0.717) is 18.0 Å². The van der Waals surface area contributed by atoms with E-state index in [1.54, 1.807) is 13.8 Å². The van der Waals surface area contributed by atoms with Crippen molar-refractivity contribution in [2.45, 2.75) is 20.8 Å². The predicted molar refractivity (Wildman–Crippen MR) is 95.7 cm³/mol. The molecule has 0 radical (unpaired) electrons. The van der Waals surface area contributed by atoms with Gasteiger partial charge in [-0.25, -0.2) is 10.1 Å². The Morgan fingerprint density at radius 3 is 2.70 bits per heavy atom. The van der Waals surface area contributed by atoms with E-state index in [0.717, 1.165) is 16.0 Å². The van der Waals surface area contributed by atoms with Crippen molar-refractivity contribution in [2.75, 3.05) is 12.3 Å². The number of carbonyl (C=O) groups is 1. The van der Waals surface area contributed by atoms with E-state index in [-0.39, 0.29) is 17.3 Å². The second-order valence-corrected chi connectivity index (χ2v) is 5.50. The molecule has 3 aromatic rings. The van der Waals surface area contributed by atoms with Crippen LogP contribution in [0.1, 0.15) is 35.6 Å². The van der Waals surface area contributed by atoms with Crippen molar-refractivity contribution in [3.05, 3.63) is 41.2 Å². The van der Waals surface area contributed by atoms with Gasteiger partial charge in [0.1, 0.15) is 5.75 Å². The Hall–Kier alpha value is -3.76. The first kappa shape index (κ1) is 18.0. The minimum atomic E-state index is -0.523. The Kier molecular flexibility index (Phi) is 5.11. The minimum absolute atomic E-state index is 0.0111. The number of nitrogens with two attached hydrogens (primary N) is 1. The summed E-state index contributed by atoms with van der Waals surface area (Å²) < 4.78 is 11.1. The van der Waals surface area contributed by atoms with Gasteiger partial charge in [-0.2, -0.15) is 9.78 Å². The molecule has 0 aliphatic heterocycles. The van der Waals surface area contributed by atoms with Gasteiger partial charge in [-0.3, -0.25) is 4.79 Å². The zero-order valence-corrected chi connectivity index (χ0v) is 15.0. The standard InChI is InChI=1S/C16H18N8O3/c1-4-26-12-7-5-11(6-8-12)9(2)18-20-16(25)13-10(3)19-23-24(13)15-14(17)21-27-22-15/h5-8H,4H2,1-3H3,(H2,17,21)(H,20,25)/b18-9+. The smallest absolute Gasteiger partial charge is 0.292 e. The lowest BCUT2D eigenvalue weighted by atomic mass is 10.1. The monoisotopic (exact) mass is 370 g/mol. The summed E-state index contributed by atoms with van der Waals surface area (Å²) in [5.74, 6) is 0.309. The summed E-state index contributed by atoms with van der Waals surface area (Å²) in [5.41, 5.74) is 10.1. The fourth-order valence-corrected chi connectivity index (χ4v) is 2.31. The van der Waals surface area contributed by atoms with Crippen molar-refractivity contribution >= 4 is 17.4 Å². The lowest BCUT2D eigenvalue weighted by Crippen LogP contribution is -2.24. The molecule has 0 aliphatic carbocycles. The lowest BCUT2D eigenvalue weighted by molar-refractivity contribution is 0.0946. The molecule has 0 aliphatic rings. The summed E-state index contributed by atoms with van der Waals surface area (Å²) in [4.78, 5) is 12.6. The third-order valence-electron chi connectivity index (χ3n) is 3.66. The first-order valence-electron chi connectivity index (χ1n) is 8.09. The van der Waals surface area contributed by atoms with E-state index in [2.05, 4.69) is 35.8 Å². The number of carbonyl (C=O) groups excluding carboxylic acids is 1. The first-order chi connectivity index (χ1) is 13.0. The van der Waals surface area contributed by atoms with Crippen LogP contribution in [0.5, 0.6) is 5.75 Å². The molecule has 3 N–H and O–H groups in total. The molecule has 1 amide bonds. The quantitative estimate of drug-likeness (QED) is 0.484. The molecular formula is C16H18N8O3. The molecule has 0 unspecified atom stereocenters. The average molecular weight is 370 g/mol. The largest absolute Gasteiger partial charge is 0.494 e. The van der Waals surface area contributed by atoms with Crippen LogP contribution in [0.25, 0.3) is 5.82 Å². The van der Waals surface area contributed by atoms with Crippen molar-refractivity contribution in [1.82, 2.24) is 30.7 Å². The third kappa shape index (κ3) is 3.76. The van der Waals surface area contributed by atoms with Crippen LogP contribution in [0.3, 0.4) is 0 Å². The fourth-order valence-electron chi connectivity index (χ4n) is 2.31. The van der Waals surface area contributed by atoms with E-state index in [1.807, 2.05) is 31.2 Å². The molecule has 3 rings (SSSR count). The summed E-state index contributed by atoms with van der Waals surface area (Å²) >= 11 is 0. The van der Waals surface area contributed by atoms with Gasteiger partial charge in [0.25, 0.3) is 5.91 Å². The normalized spacial score (nSPS) is 11.4. The van der Waals surface area contributed by atoms with Crippen molar-refractivity contribution < 1.29 is 14.2 Å². The summed E-state index contributed by atoms with van der Waals surface area (Å²) in [6.07, 6.45) is 0. The van der Waals surface area contributed by atoms with E-state index in [9.17, 15) is 4.79 Å². The number of ether oxygens (including phenoxy) is 1. The van der Waals surface area contributed by atoms with Crippen molar-refractivity contribution in [2.24, 2.45) is 5.10 Å². The molecule has 2 heterocycles. The highest BCUT2D eigenvalue weighted by molar-refractivity contribution is 6.00. The van der Waals surface area contributed by atoms with E-state index < -0.39 is 5.91 Å². The van der Waals surface area contributed by atoms with Gasteiger partial charge in [-0.05, 0) is 60.9 Å². The van der Waals surface area contributed by atoms with Crippen LogP contribution in [0.15, 0.2) is 34.0 Å². The molecule has 0 saturated carbocycles. The average Bonchev–Trinajstić information content (AvgIpc) is 3.25. The van der Waals surface area contributed by atoms with Gasteiger partial charge in [0.15, 0.2) is 5.69 Å². The molecule has 0 atom stereocenters. The number of amides is 1. The number of rotatable bonds is 6. The van der Waals surface area contributed by atoms with Gasteiger partial charge in [-0.15, -0.1) is 5.10 Å². The fraction of sp³-hybridized carbons (Fsp3) is 0.250. The Morgan fingerprint density at radius 2 is 2.07 bits per heavy atom. The lowest BCUT2D eigenvalue weighted by Gasteiger charge is -2.06. The predicted octanol–water partition coefficient (Wildman–Crippen LogP) is 1.09. The number of aryl methyl sites for hydroxylation is 1. The molecule has 0 spiro atoms. The van der Waals surface area contributed by atoms with Gasteiger partial charge < -0.3 is 10.5 Å². The van der Waals surface area contributed by atoms with Gasteiger partial charge in [0.2, 0.25) is 11.6 Å². The van der Waals surface area contributed by atoms with Gasteiger partial charge >= 0.3 is 0 Å². The Bertz CT molecular complexity index is 974. The van der Waals surface area contributed by atoms with Crippen LogP contribution in [0.4, 0.5) is 5.82 Å². The molecule has 140 valence electrons. The maximum Gasteiger partial charge on any atom is 0.292 e. The number of aromatic nitrogens is 5. The third-order valence-corrected chi connectivity index (χ3v) is 3.66. The Balaban J connectivity index is 1.79. The van der Waals surface area contributed by atoms with Crippen LogP contribution in [-0.2, 0) is 0 Å². The maximum absolute atomic E-state index is 12.6. The molecule has 2 aromatic heterocycles. The van der Waals surface area contributed by atoms with Crippen LogP contribution in [0.2, 0.25) is 0 Å². The van der Waals surface area contributed by atoms with E-state index >= 15 is 0 Å². The zero-order valence-electron chi connectivity index (χ0n) is 15.0. The van der Waals surface area contributed by atoms with Crippen LogP contribution in [-0.4, -0.2) is 43.5 Å². The van der Waals surface area contributed by atoms with E-state index in [1.165, 1.54) is 0 Å². The molecule has 1 aromatic carbocycles. The molecule has 11 heteroatoms. The number of nitrogens with one attached hydrogen (secondary N) is 1. The highest BCUT2D eigenvalue weighted by Crippen LogP contribution is 2.15. The number of hydrazone groups is 1. The van der Waals surface area contributed by atoms with Gasteiger partial charge in [0, 0.05) is 0 Å². The summed E-state index contributed by atoms with van der Waals surface area (Å²) in [6, 6.07) is 7.38. The molecular weight excluding hydrogens is 352 g/mol. The number of nitrogens with zero attached hydrogens (tertiary/aromatic N) is 6. The Morgan fingerprint density at radius 1 is 1.33 bits per heavy atom. The highest BCUT2D eigenvalue weighted by Gasteiger charge is 2.22. The second kappa shape index (κ2) is 7.64. The zero-order chi connectivity index (χ0) is 19.4. The SMILES string of the molecule is CCOc1ccc(/C(C)=N/NC(=O)c2c(C)nnn2-c2nonc2N)cc1. The molecule has 0 saturated heterocycles. The topological polar surface area (TPSA) is 146 Å². The van der Waals surface area contributed by atoms with Gasteiger partial charge in [-0.1, -0.05) is 5.21 Å². The van der Waals surface area contributed by atoms with Crippen LogP contribution >= 0.6 is 0 Å². The Labute approximate surface area is 154 Å². The first-order valence-corrected chi connectivity index (χ1v) is 8.09. The number of hydrogen-bond donors (Lipinski definition) is 2. The summed E-state index contributed by atoms with van der Waals surface area (Å²) in [6.45, 7) is 5.92. The van der Waals surface area contributed by atoms with Crippen molar-refractivity contribution in [3.8, 4) is 11.6 Å². The van der Waals surface area contributed by atoms with Crippen LogP contribution in [0, 0.1) is 6.92 Å². The van der Waals surface area contributed by atoms with Crippen LogP contribution < -0.4 is 15.9 Å². The number of hydrogen-bond acceptors (Lipinski definition) is 9. The molecule has 27 heavy (non-hydrogen) atoms. The molecule has 0 fully saturated rings. The summed E-state index contributed by atoms with van der Waals surface area (Å²) in [5, 5.41) is 19.0. The van der Waals surface area contributed by atoms with E-state index in [4.69, 9.17) is 10.5 Å². The highest BCUT2D eigenvalue weighted by atomic mass is 16.6. The van der Waals surface area contributed by atoms with Crippen molar-refractivity contribution in [3.63, 3.8) is 0 Å². The number of anilines is 1.